The van der Waals surface area contributed by atoms with Crippen LogP contribution in [0.5, 0.6) is 0 Å². The predicted octanol–water partition coefficient (Wildman–Crippen LogP) is 3.99. The number of fused-ring (bicyclic) bond motifs is 1. The summed E-state index contributed by atoms with van der Waals surface area (Å²) in [5.74, 6) is 1.68. The number of hydrogen-bond acceptors (Lipinski definition) is 3. The summed E-state index contributed by atoms with van der Waals surface area (Å²) in [5, 5.41) is 1.20. The molecule has 3 aromatic rings. The monoisotopic (exact) mass is 271 g/mol. The van der Waals surface area contributed by atoms with Crippen molar-refractivity contribution in [1.29, 1.82) is 0 Å². The summed E-state index contributed by atoms with van der Waals surface area (Å²) in [7, 11) is 0. The largest absolute Gasteiger partial charge is 0.271 e. The van der Waals surface area contributed by atoms with Crippen molar-refractivity contribution in [1.82, 2.24) is 14.5 Å². The SMILES string of the molecule is Cc1ccc(-n2c(CC(C)C)nc3cccnc32)s1. The number of imidazole rings is 1. The van der Waals surface area contributed by atoms with Gasteiger partial charge in [-0.25, -0.2) is 9.97 Å². The molecular weight excluding hydrogens is 254 g/mol. The fourth-order valence-electron chi connectivity index (χ4n) is 2.23. The van der Waals surface area contributed by atoms with E-state index in [1.807, 2.05) is 18.3 Å². The minimum Gasteiger partial charge on any atom is -0.271 e. The van der Waals surface area contributed by atoms with Crippen LogP contribution < -0.4 is 0 Å². The van der Waals surface area contributed by atoms with Crippen LogP contribution in [0.1, 0.15) is 24.5 Å². The molecule has 0 aromatic carbocycles. The molecule has 0 bridgehead atoms. The average molecular weight is 271 g/mol. The molecule has 4 heteroatoms. The normalized spacial score (nSPS) is 11.6. The number of pyridine rings is 1. The molecule has 0 radical (unpaired) electrons. The first-order chi connectivity index (χ1) is 9.15. The number of aryl methyl sites for hydroxylation is 1. The quantitative estimate of drug-likeness (QED) is 0.721. The van der Waals surface area contributed by atoms with Gasteiger partial charge in [0.25, 0.3) is 0 Å². The molecule has 0 fully saturated rings. The van der Waals surface area contributed by atoms with Gasteiger partial charge in [0, 0.05) is 17.5 Å². The first-order valence-electron chi connectivity index (χ1n) is 6.54. The lowest BCUT2D eigenvalue weighted by atomic mass is 10.1. The van der Waals surface area contributed by atoms with Gasteiger partial charge in [0.15, 0.2) is 5.65 Å². The highest BCUT2D eigenvalue weighted by Crippen LogP contribution is 2.26. The van der Waals surface area contributed by atoms with E-state index in [0.717, 1.165) is 23.4 Å². The lowest BCUT2D eigenvalue weighted by Gasteiger charge is -2.07. The second kappa shape index (κ2) is 4.78. The molecular formula is C15H17N3S. The maximum Gasteiger partial charge on any atom is 0.165 e. The fraction of sp³-hybridized carbons (Fsp3) is 0.333. The highest BCUT2D eigenvalue weighted by Gasteiger charge is 2.15. The highest BCUT2D eigenvalue weighted by atomic mass is 32.1. The maximum atomic E-state index is 4.75. The minimum absolute atomic E-state index is 0.580. The summed E-state index contributed by atoms with van der Waals surface area (Å²) in [6, 6.07) is 8.27. The molecule has 0 spiro atoms. The topological polar surface area (TPSA) is 30.7 Å². The van der Waals surface area contributed by atoms with Crippen LogP contribution in [0.4, 0.5) is 0 Å². The van der Waals surface area contributed by atoms with E-state index < -0.39 is 0 Å². The molecule has 0 unspecified atom stereocenters. The number of aromatic nitrogens is 3. The van der Waals surface area contributed by atoms with E-state index in [0.29, 0.717) is 5.92 Å². The molecule has 0 atom stereocenters. The van der Waals surface area contributed by atoms with Gasteiger partial charge >= 0.3 is 0 Å². The van der Waals surface area contributed by atoms with E-state index in [1.165, 1.54) is 9.88 Å². The Morgan fingerprint density at radius 2 is 2.11 bits per heavy atom. The molecule has 3 aromatic heterocycles. The van der Waals surface area contributed by atoms with Crippen LogP contribution in [0.3, 0.4) is 0 Å². The summed E-state index contributed by atoms with van der Waals surface area (Å²) in [6.07, 6.45) is 2.80. The number of hydrogen-bond donors (Lipinski definition) is 0. The third kappa shape index (κ3) is 2.28. The first-order valence-corrected chi connectivity index (χ1v) is 7.36. The van der Waals surface area contributed by atoms with E-state index in [2.05, 4.69) is 42.5 Å². The van der Waals surface area contributed by atoms with Crippen molar-refractivity contribution < 1.29 is 0 Å². The van der Waals surface area contributed by atoms with Crippen molar-refractivity contribution in [3.8, 4) is 5.00 Å². The first kappa shape index (κ1) is 12.4. The Bertz CT molecular complexity index is 709. The van der Waals surface area contributed by atoms with Crippen molar-refractivity contribution in [2.24, 2.45) is 5.92 Å². The van der Waals surface area contributed by atoms with Crippen LogP contribution in [0.15, 0.2) is 30.5 Å². The van der Waals surface area contributed by atoms with Gasteiger partial charge in [-0.05, 0) is 37.1 Å². The maximum absolute atomic E-state index is 4.75. The van der Waals surface area contributed by atoms with Gasteiger partial charge in [-0.1, -0.05) is 13.8 Å². The Labute approximate surface area is 116 Å². The summed E-state index contributed by atoms with van der Waals surface area (Å²) in [6.45, 7) is 6.57. The summed E-state index contributed by atoms with van der Waals surface area (Å²) in [5.41, 5.74) is 1.93. The molecule has 0 aliphatic rings. The predicted molar refractivity (Wildman–Crippen MR) is 80.0 cm³/mol. The Morgan fingerprint density at radius 1 is 1.26 bits per heavy atom. The number of nitrogens with zero attached hydrogens (tertiary/aromatic N) is 3. The van der Waals surface area contributed by atoms with Gasteiger partial charge in [-0.2, -0.15) is 0 Å². The molecule has 0 aliphatic carbocycles. The van der Waals surface area contributed by atoms with Crippen molar-refractivity contribution in [2.75, 3.05) is 0 Å². The molecule has 3 heterocycles. The zero-order valence-corrected chi connectivity index (χ0v) is 12.2. The van der Waals surface area contributed by atoms with Crippen LogP contribution in [0, 0.1) is 12.8 Å². The van der Waals surface area contributed by atoms with Gasteiger partial charge in [-0.3, -0.25) is 4.57 Å². The average Bonchev–Trinajstić information content (AvgIpc) is 2.91. The summed E-state index contributed by atoms with van der Waals surface area (Å²) < 4.78 is 2.20. The molecule has 0 saturated carbocycles. The highest BCUT2D eigenvalue weighted by molar-refractivity contribution is 7.14. The Kier molecular flexibility index (Phi) is 3.11. The van der Waals surface area contributed by atoms with Gasteiger partial charge in [0.1, 0.15) is 16.3 Å². The van der Waals surface area contributed by atoms with Crippen LogP contribution in [0.2, 0.25) is 0 Å². The zero-order valence-electron chi connectivity index (χ0n) is 11.4. The third-order valence-electron chi connectivity index (χ3n) is 3.02. The Hall–Kier alpha value is -1.68. The van der Waals surface area contributed by atoms with Gasteiger partial charge < -0.3 is 0 Å². The van der Waals surface area contributed by atoms with Gasteiger partial charge in [-0.15, -0.1) is 11.3 Å². The smallest absolute Gasteiger partial charge is 0.165 e. The number of thiophene rings is 1. The van der Waals surface area contributed by atoms with E-state index in [1.54, 1.807) is 11.3 Å². The third-order valence-corrected chi connectivity index (χ3v) is 4.01. The standard InChI is InChI=1S/C15H17N3S/c1-10(2)9-13-17-12-5-4-8-16-15(12)18(13)14-7-6-11(3)19-14/h4-8,10H,9H2,1-3H3. The second-order valence-electron chi connectivity index (χ2n) is 5.19. The van der Waals surface area contributed by atoms with Gasteiger partial charge in [0.2, 0.25) is 0 Å². The zero-order chi connectivity index (χ0) is 13.4. The van der Waals surface area contributed by atoms with E-state index in [-0.39, 0.29) is 0 Å². The van der Waals surface area contributed by atoms with Crippen LogP contribution >= 0.6 is 11.3 Å². The van der Waals surface area contributed by atoms with E-state index >= 15 is 0 Å². The summed E-state index contributed by atoms with van der Waals surface area (Å²) >= 11 is 1.78. The van der Waals surface area contributed by atoms with E-state index in [9.17, 15) is 0 Å². The molecule has 0 saturated heterocycles. The van der Waals surface area contributed by atoms with Crippen LogP contribution in [-0.4, -0.2) is 14.5 Å². The molecule has 98 valence electrons. The molecule has 3 rings (SSSR count). The molecule has 0 amide bonds. The lowest BCUT2D eigenvalue weighted by molar-refractivity contribution is 0.617. The second-order valence-corrected chi connectivity index (χ2v) is 6.46. The minimum atomic E-state index is 0.580. The van der Waals surface area contributed by atoms with Crippen molar-refractivity contribution in [3.63, 3.8) is 0 Å². The van der Waals surface area contributed by atoms with Crippen molar-refractivity contribution >= 4 is 22.5 Å². The molecule has 0 aliphatic heterocycles. The molecule has 0 N–H and O–H groups in total. The van der Waals surface area contributed by atoms with E-state index in [4.69, 9.17) is 4.98 Å². The van der Waals surface area contributed by atoms with Crippen LogP contribution in [0.25, 0.3) is 16.2 Å². The molecule has 3 nitrogen and oxygen atoms in total. The van der Waals surface area contributed by atoms with Crippen molar-refractivity contribution in [2.45, 2.75) is 27.2 Å². The molecule has 19 heavy (non-hydrogen) atoms. The fourth-order valence-corrected chi connectivity index (χ4v) is 3.12. The number of rotatable bonds is 3. The Balaban J connectivity index is 2.24. The summed E-state index contributed by atoms with van der Waals surface area (Å²) in [4.78, 5) is 10.6. The van der Waals surface area contributed by atoms with Crippen molar-refractivity contribution in [3.05, 3.63) is 41.2 Å². The Morgan fingerprint density at radius 3 is 2.79 bits per heavy atom. The lowest BCUT2D eigenvalue weighted by Crippen LogP contribution is -2.04. The van der Waals surface area contributed by atoms with Crippen LogP contribution in [-0.2, 0) is 6.42 Å². The van der Waals surface area contributed by atoms with Gasteiger partial charge in [0.05, 0.1) is 0 Å².